The van der Waals surface area contributed by atoms with Gasteiger partial charge in [0.1, 0.15) is 0 Å². The second-order valence-corrected chi connectivity index (χ2v) is 5.08. The first-order valence-electron chi connectivity index (χ1n) is 5.71. The van der Waals surface area contributed by atoms with Gasteiger partial charge in [-0.1, -0.05) is 23.5 Å². The quantitative estimate of drug-likeness (QED) is 0.786. The summed E-state index contributed by atoms with van der Waals surface area (Å²) < 4.78 is 1.52. The third-order valence-electron chi connectivity index (χ3n) is 2.36. The molecular weight excluding hydrogens is 262 g/mol. The van der Waals surface area contributed by atoms with Crippen LogP contribution in [0.3, 0.4) is 0 Å². The van der Waals surface area contributed by atoms with Crippen molar-refractivity contribution in [3.8, 4) is 5.69 Å². The average Bonchev–Trinajstić information content (AvgIpc) is 2.72. The summed E-state index contributed by atoms with van der Waals surface area (Å²) in [5.41, 5.74) is 1.85. The molecule has 1 aromatic carbocycles. The zero-order chi connectivity index (χ0) is 14.0. The Morgan fingerprint density at radius 1 is 1.32 bits per heavy atom. The summed E-state index contributed by atoms with van der Waals surface area (Å²) in [6.07, 6.45) is 0. The summed E-state index contributed by atoms with van der Waals surface area (Å²) in [6.45, 7) is 4.77. The fourth-order valence-electron chi connectivity index (χ4n) is 1.56. The molecule has 0 aliphatic carbocycles. The van der Waals surface area contributed by atoms with E-state index < -0.39 is 0 Å². The van der Waals surface area contributed by atoms with Crippen LogP contribution in [0.5, 0.6) is 0 Å². The van der Waals surface area contributed by atoms with Crippen molar-refractivity contribution >= 4 is 23.0 Å². The van der Waals surface area contributed by atoms with Gasteiger partial charge in [0, 0.05) is 13.8 Å². The Bertz CT molecular complexity index is 713. The van der Waals surface area contributed by atoms with Crippen molar-refractivity contribution in [1.82, 2.24) is 9.78 Å². The van der Waals surface area contributed by atoms with Gasteiger partial charge in [-0.2, -0.15) is 10.1 Å². The summed E-state index contributed by atoms with van der Waals surface area (Å²) in [6, 6.07) is 7.63. The number of aryl methyl sites for hydroxylation is 1. The maximum atomic E-state index is 11.4. The van der Waals surface area contributed by atoms with Gasteiger partial charge >= 0.3 is 0 Å². The van der Waals surface area contributed by atoms with Gasteiger partial charge in [0.15, 0.2) is 10.8 Å². The molecule has 0 bridgehead atoms. The van der Waals surface area contributed by atoms with Gasteiger partial charge in [0.2, 0.25) is 10.7 Å². The van der Waals surface area contributed by atoms with Crippen LogP contribution in [0.4, 0.5) is 0 Å². The lowest BCUT2D eigenvalue weighted by Crippen LogP contribution is -2.16. The van der Waals surface area contributed by atoms with Crippen molar-refractivity contribution < 1.29 is 9.59 Å². The monoisotopic (exact) mass is 275 g/mol. The molecule has 0 N–H and O–H groups in total. The van der Waals surface area contributed by atoms with Crippen molar-refractivity contribution in [3.05, 3.63) is 39.6 Å². The number of nitrogens with zero attached hydrogens (tertiary/aromatic N) is 3. The lowest BCUT2D eigenvalue weighted by molar-refractivity contribution is -0.116. The Kier molecular flexibility index (Phi) is 3.71. The third-order valence-corrected chi connectivity index (χ3v) is 3.37. The summed E-state index contributed by atoms with van der Waals surface area (Å²) in [5.74, 6) is -0.462. The van der Waals surface area contributed by atoms with E-state index in [1.165, 1.54) is 18.5 Å². The highest BCUT2D eigenvalue weighted by Gasteiger charge is 2.11. The lowest BCUT2D eigenvalue weighted by atomic mass is 10.2. The van der Waals surface area contributed by atoms with Gasteiger partial charge in [-0.3, -0.25) is 9.59 Å². The molecule has 2 rings (SSSR count). The van der Waals surface area contributed by atoms with Crippen LogP contribution in [-0.4, -0.2) is 21.5 Å². The minimum absolute atomic E-state index is 0.142. The Morgan fingerprint density at radius 3 is 2.63 bits per heavy atom. The number of carbonyl (C=O) groups is 2. The molecule has 2 aromatic rings. The number of benzene rings is 1. The Hall–Kier alpha value is -2.08. The predicted octanol–water partition coefficient (Wildman–Crippen LogP) is 1.89. The minimum atomic E-state index is -0.319. The van der Waals surface area contributed by atoms with Crippen molar-refractivity contribution in [2.24, 2.45) is 4.99 Å². The molecule has 0 spiro atoms. The molecule has 0 fully saturated rings. The van der Waals surface area contributed by atoms with Gasteiger partial charge in [0.05, 0.1) is 5.69 Å². The van der Waals surface area contributed by atoms with E-state index in [1.807, 2.05) is 31.2 Å². The average molecular weight is 275 g/mol. The first-order chi connectivity index (χ1) is 8.97. The third kappa shape index (κ3) is 3.03. The van der Waals surface area contributed by atoms with Crippen LogP contribution >= 0.6 is 11.3 Å². The smallest absolute Gasteiger partial charge is 0.245 e. The zero-order valence-electron chi connectivity index (χ0n) is 10.9. The van der Waals surface area contributed by atoms with Crippen LogP contribution in [0.2, 0.25) is 0 Å². The fraction of sp³-hybridized carbons (Fsp3) is 0.231. The SMILES string of the molecule is CC(=O)N=c1sc(C(C)=O)nn1-c1cccc(C)c1. The summed E-state index contributed by atoms with van der Waals surface area (Å²) in [4.78, 5) is 26.9. The molecule has 19 heavy (non-hydrogen) atoms. The van der Waals surface area contributed by atoms with E-state index in [0.717, 1.165) is 22.6 Å². The number of hydrogen-bond acceptors (Lipinski definition) is 4. The molecule has 0 atom stereocenters. The van der Waals surface area contributed by atoms with E-state index in [1.54, 1.807) is 0 Å². The minimum Gasteiger partial charge on any atom is -0.292 e. The first kappa shape index (κ1) is 13.4. The van der Waals surface area contributed by atoms with Crippen molar-refractivity contribution in [2.75, 3.05) is 0 Å². The molecule has 1 heterocycles. The maximum Gasteiger partial charge on any atom is 0.245 e. The highest BCUT2D eigenvalue weighted by Crippen LogP contribution is 2.10. The molecule has 0 aliphatic heterocycles. The molecule has 98 valence electrons. The summed E-state index contributed by atoms with van der Waals surface area (Å²) in [5, 5.41) is 4.55. The molecule has 0 radical (unpaired) electrons. The van der Waals surface area contributed by atoms with Crippen LogP contribution in [0.1, 0.15) is 29.2 Å². The van der Waals surface area contributed by atoms with E-state index in [4.69, 9.17) is 0 Å². The van der Waals surface area contributed by atoms with Crippen molar-refractivity contribution in [3.63, 3.8) is 0 Å². The normalized spacial score (nSPS) is 11.6. The van der Waals surface area contributed by atoms with E-state index >= 15 is 0 Å². The van der Waals surface area contributed by atoms with Gasteiger partial charge in [-0.25, -0.2) is 4.68 Å². The van der Waals surface area contributed by atoms with Crippen LogP contribution in [-0.2, 0) is 4.79 Å². The largest absolute Gasteiger partial charge is 0.292 e. The van der Waals surface area contributed by atoms with E-state index in [9.17, 15) is 9.59 Å². The van der Waals surface area contributed by atoms with E-state index in [2.05, 4.69) is 10.1 Å². The summed E-state index contributed by atoms with van der Waals surface area (Å²) >= 11 is 1.11. The van der Waals surface area contributed by atoms with Crippen LogP contribution in [0.25, 0.3) is 5.69 Å². The van der Waals surface area contributed by atoms with E-state index in [0.29, 0.717) is 9.81 Å². The zero-order valence-corrected chi connectivity index (χ0v) is 11.7. The summed E-state index contributed by atoms with van der Waals surface area (Å²) in [7, 11) is 0. The molecule has 1 aromatic heterocycles. The van der Waals surface area contributed by atoms with Crippen LogP contribution in [0, 0.1) is 6.92 Å². The number of carbonyl (C=O) groups excluding carboxylic acids is 2. The molecule has 1 amide bonds. The second-order valence-electron chi connectivity index (χ2n) is 4.13. The number of hydrogen-bond donors (Lipinski definition) is 0. The van der Waals surface area contributed by atoms with Crippen molar-refractivity contribution in [2.45, 2.75) is 20.8 Å². The number of aromatic nitrogens is 2. The highest BCUT2D eigenvalue weighted by molar-refractivity contribution is 7.11. The number of ketones is 1. The number of amides is 1. The van der Waals surface area contributed by atoms with E-state index in [-0.39, 0.29) is 11.7 Å². The lowest BCUT2D eigenvalue weighted by Gasteiger charge is -2.01. The molecule has 0 saturated heterocycles. The van der Waals surface area contributed by atoms with Gasteiger partial charge in [-0.05, 0) is 24.6 Å². The van der Waals surface area contributed by atoms with Crippen molar-refractivity contribution in [1.29, 1.82) is 0 Å². The first-order valence-corrected chi connectivity index (χ1v) is 6.52. The number of Topliss-reactive ketones (excluding diaryl/α,β-unsaturated/α-hetero) is 1. The van der Waals surface area contributed by atoms with Gasteiger partial charge in [-0.15, -0.1) is 0 Å². The maximum absolute atomic E-state index is 11.4. The Balaban J connectivity index is 2.68. The Morgan fingerprint density at radius 2 is 2.05 bits per heavy atom. The Labute approximate surface area is 114 Å². The van der Waals surface area contributed by atoms with Crippen LogP contribution < -0.4 is 4.80 Å². The highest BCUT2D eigenvalue weighted by atomic mass is 32.1. The molecular formula is C13H13N3O2S. The van der Waals surface area contributed by atoms with Crippen LogP contribution in [0.15, 0.2) is 29.3 Å². The second kappa shape index (κ2) is 5.27. The number of rotatable bonds is 2. The van der Waals surface area contributed by atoms with Gasteiger partial charge in [0.25, 0.3) is 0 Å². The molecule has 6 heteroatoms. The predicted molar refractivity (Wildman–Crippen MR) is 72.4 cm³/mol. The molecule has 0 unspecified atom stereocenters. The van der Waals surface area contributed by atoms with Gasteiger partial charge < -0.3 is 0 Å². The molecule has 0 saturated carbocycles. The topological polar surface area (TPSA) is 64.3 Å². The fourth-order valence-corrected chi connectivity index (χ4v) is 2.40. The molecule has 5 nitrogen and oxygen atoms in total. The molecule has 0 aliphatic rings. The standard InChI is InChI=1S/C13H13N3O2S/c1-8-5-4-6-11(7-8)16-13(14-10(3)18)19-12(15-16)9(2)17/h4-7H,1-3H3.